The van der Waals surface area contributed by atoms with Crippen molar-refractivity contribution in [2.75, 3.05) is 38.1 Å². The number of aromatic nitrogens is 2. The van der Waals surface area contributed by atoms with Gasteiger partial charge in [0.25, 0.3) is 0 Å². The number of imidazole rings is 1. The topological polar surface area (TPSA) is 258 Å². The number of benzene rings is 6. The highest BCUT2D eigenvalue weighted by atomic mass is 35.5. The van der Waals surface area contributed by atoms with E-state index in [1.807, 2.05) is 63.7 Å². The lowest BCUT2D eigenvalue weighted by molar-refractivity contribution is -0.136. The molecular weight excluding hydrogens is 1140 g/mol. The highest BCUT2D eigenvalue weighted by Crippen LogP contribution is 2.19. The predicted octanol–water partition coefficient (Wildman–Crippen LogP) is 10.9. The molecule has 7 rings (SSSR count). The van der Waals surface area contributed by atoms with Crippen molar-refractivity contribution in [3.63, 3.8) is 0 Å². The Morgan fingerprint density at radius 2 is 1.12 bits per heavy atom. The number of Topliss-reactive ketones (excluding diaryl/α,β-unsaturated/α-hetero) is 2. The Labute approximate surface area is 503 Å². The SMILES string of the molecule is CC(C)(C)OC(=O)NCC(=O)Cc1cccc(Cl)c1.CC(C)(C)OC(=O)NCC(=O)O.N=c1n(CCCOc2ccc(F)cc2)c2ccccc2n1Cc1ccc(CNCC(=O)Nc2cccc(Cl)c2)cc1.NCC(=O)Cc1cccc(Cl)c1. The van der Waals surface area contributed by atoms with Gasteiger partial charge in [0, 0.05) is 46.7 Å². The number of para-hydroxylation sites is 2. The summed E-state index contributed by atoms with van der Waals surface area (Å²) in [5.74, 6) is -0.974. The average Bonchev–Trinajstić information content (AvgIpc) is 3.06. The highest BCUT2D eigenvalue weighted by Gasteiger charge is 2.18. The molecule has 0 aliphatic heterocycles. The fourth-order valence-electron chi connectivity index (χ4n) is 7.49. The summed E-state index contributed by atoms with van der Waals surface area (Å²) < 4.78 is 32.7. The molecule has 0 aliphatic carbocycles. The van der Waals surface area contributed by atoms with Crippen molar-refractivity contribution < 1.29 is 52.5 Å². The number of carbonyl (C=O) groups excluding carboxylic acids is 5. The van der Waals surface area contributed by atoms with E-state index in [-0.39, 0.29) is 49.3 Å². The van der Waals surface area contributed by atoms with Crippen LogP contribution in [-0.2, 0) is 61.1 Å². The Bertz CT molecular complexity index is 3340. The number of aliphatic carboxylic acids is 1. The number of halogens is 4. The summed E-state index contributed by atoms with van der Waals surface area (Å²) in [6.45, 7) is 12.4. The lowest BCUT2D eigenvalue weighted by Gasteiger charge is -2.19. The van der Waals surface area contributed by atoms with Crippen LogP contribution in [-0.4, -0.2) is 93.9 Å². The molecule has 7 aromatic rings. The second-order valence-electron chi connectivity index (χ2n) is 20.7. The van der Waals surface area contributed by atoms with Gasteiger partial charge in [0.2, 0.25) is 11.5 Å². The first-order valence-electron chi connectivity index (χ1n) is 26.6. The summed E-state index contributed by atoms with van der Waals surface area (Å²) >= 11 is 17.5. The second kappa shape index (κ2) is 34.5. The van der Waals surface area contributed by atoms with Crippen LogP contribution < -0.4 is 37.4 Å². The number of nitrogens with two attached hydrogens (primary N) is 1. The van der Waals surface area contributed by atoms with Gasteiger partial charge in [-0.15, -0.1) is 0 Å². The number of carbonyl (C=O) groups is 6. The molecular formula is C62H72Cl3FN8O10. The highest BCUT2D eigenvalue weighted by molar-refractivity contribution is 6.31. The van der Waals surface area contributed by atoms with Crippen LogP contribution in [0.25, 0.3) is 11.0 Å². The molecule has 1 aromatic heterocycles. The number of rotatable bonds is 21. The molecule has 8 N–H and O–H groups in total. The van der Waals surface area contributed by atoms with E-state index in [0.717, 1.165) is 33.3 Å². The minimum atomic E-state index is -1.10. The summed E-state index contributed by atoms with van der Waals surface area (Å²) in [7, 11) is 0. The number of amides is 3. The maximum atomic E-state index is 13.1. The number of fused-ring (bicyclic) bond motifs is 1. The number of ketones is 2. The monoisotopic (exact) mass is 1210 g/mol. The van der Waals surface area contributed by atoms with Crippen molar-refractivity contribution in [1.29, 1.82) is 5.41 Å². The largest absolute Gasteiger partial charge is 0.494 e. The first-order chi connectivity index (χ1) is 39.7. The Morgan fingerprint density at radius 3 is 1.64 bits per heavy atom. The summed E-state index contributed by atoms with van der Waals surface area (Å²) in [5.41, 5.74) is 11.0. The van der Waals surface area contributed by atoms with Gasteiger partial charge in [0.05, 0.1) is 43.8 Å². The number of nitrogens with zero attached hydrogens (tertiary/aromatic N) is 2. The molecule has 1 heterocycles. The summed E-state index contributed by atoms with van der Waals surface area (Å²) in [4.78, 5) is 66.9. The molecule has 0 fully saturated rings. The fraction of sp³-hybridized carbons (Fsp3) is 0.306. The van der Waals surface area contributed by atoms with Crippen molar-refractivity contribution in [1.82, 2.24) is 25.1 Å². The first kappa shape index (κ1) is 68.4. The Balaban J connectivity index is 0.000000289. The summed E-state index contributed by atoms with van der Waals surface area (Å²) in [6.07, 6.45) is 0.00518. The van der Waals surface area contributed by atoms with Crippen molar-refractivity contribution in [3.05, 3.63) is 194 Å². The number of ether oxygens (including phenoxy) is 3. The Kier molecular flexibility index (Phi) is 28.1. The van der Waals surface area contributed by atoms with Crippen LogP contribution in [0.5, 0.6) is 5.75 Å². The third-order valence-electron chi connectivity index (χ3n) is 11.1. The van der Waals surface area contributed by atoms with Crippen LogP contribution in [0.15, 0.2) is 146 Å². The quantitative estimate of drug-likeness (QED) is 0.0332. The number of carboxylic acid groups (broad SMARTS) is 1. The van der Waals surface area contributed by atoms with Crippen LogP contribution in [0.3, 0.4) is 0 Å². The lowest BCUT2D eigenvalue weighted by atomic mass is 10.1. The van der Waals surface area contributed by atoms with Gasteiger partial charge in [0.15, 0.2) is 11.6 Å². The Hall–Kier alpha value is -8.07. The van der Waals surface area contributed by atoms with Gasteiger partial charge >= 0.3 is 18.2 Å². The molecule has 84 heavy (non-hydrogen) atoms. The van der Waals surface area contributed by atoms with E-state index < -0.39 is 35.9 Å². The average molecular weight is 1210 g/mol. The zero-order chi connectivity index (χ0) is 61.8. The standard InChI is InChI=1S/C32H31ClFN5O2.C14H18ClNO3.C9H10ClNO.C7H13NO4/c33-25-5-3-6-27(19-25)37-31(40)21-36-20-23-9-11-24(12-10-23)22-39-30-8-2-1-7-29(30)38(32(39)35)17-4-18-41-28-15-13-26(34)14-16-28;1-14(2,3)19-13(18)16-9-12(17)8-10-5-4-6-11(15)7-10;10-8-3-1-2-7(4-8)5-9(12)6-11;1-7(2,3)12-6(11)8-4-5(9)10/h1-3,5-16,19,35-36H,4,17-18,20-22H2,(H,37,40);4-7H,8-9H2,1-3H3,(H,16,18);1-4H,5-6,11H2;4H2,1-3H3,(H,8,11)(H,9,10). The first-order valence-corrected chi connectivity index (χ1v) is 27.7. The van der Waals surface area contributed by atoms with E-state index in [2.05, 4.69) is 33.4 Å². The van der Waals surface area contributed by atoms with Gasteiger partial charge in [-0.05, 0) is 149 Å². The number of anilines is 1. The van der Waals surface area contributed by atoms with Crippen LogP contribution in [0.1, 0.15) is 70.2 Å². The molecule has 0 saturated heterocycles. The molecule has 0 unspecified atom stereocenters. The van der Waals surface area contributed by atoms with Gasteiger partial charge in [-0.1, -0.05) is 102 Å². The van der Waals surface area contributed by atoms with Crippen LogP contribution in [0.4, 0.5) is 19.7 Å². The molecule has 0 atom stereocenters. The summed E-state index contributed by atoms with van der Waals surface area (Å²) in [6, 6.07) is 43.6. The number of hydrogen-bond donors (Lipinski definition) is 7. The normalized spacial score (nSPS) is 10.8. The van der Waals surface area contributed by atoms with Gasteiger partial charge < -0.3 is 55.5 Å². The molecule has 0 aliphatic rings. The smallest absolute Gasteiger partial charge is 0.408 e. The fourth-order valence-corrected chi connectivity index (χ4v) is 8.11. The molecule has 0 saturated carbocycles. The number of nitrogens with one attached hydrogen (secondary N) is 5. The van der Waals surface area contributed by atoms with E-state index in [1.54, 1.807) is 108 Å². The van der Waals surface area contributed by atoms with Crippen molar-refractivity contribution >= 4 is 87.2 Å². The molecule has 6 aromatic carbocycles. The van der Waals surface area contributed by atoms with E-state index in [0.29, 0.717) is 71.2 Å². The maximum absolute atomic E-state index is 13.1. The lowest BCUT2D eigenvalue weighted by Crippen LogP contribution is -2.35. The van der Waals surface area contributed by atoms with Crippen LogP contribution >= 0.6 is 34.8 Å². The van der Waals surface area contributed by atoms with Gasteiger partial charge in [-0.25, -0.2) is 14.0 Å². The minimum absolute atomic E-state index is 0.0252. The van der Waals surface area contributed by atoms with Gasteiger partial charge in [0.1, 0.15) is 29.3 Å². The molecule has 3 amide bonds. The third kappa shape index (κ3) is 27.3. The number of hydrogen-bond acceptors (Lipinski definition) is 12. The van der Waals surface area contributed by atoms with Crippen molar-refractivity contribution in [2.24, 2.45) is 5.73 Å². The Morgan fingerprint density at radius 1 is 0.607 bits per heavy atom. The molecule has 22 heteroatoms. The van der Waals surface area contributed by atoms with E-state index >= 15 is 0 Å². The van der Waals surface area contributed by atoms with Crippen molar-refractivity contribution in [3.8, 4) is 5.75 Å². The van der Waals surface area contributed by atoms with E-state index in [9.17, 15) is 33.2 Å². The van der Waals surface area contributed by atoms with E-state index in [1.165, 1.54) is 12.1 Å². The van der Waals surface area contributed by atoms with Crippen molar-refractivity contribution in [2.45, 2.75) is 91.6 Å². The van der Waals surface area contributed by atoms with Crippen LogP contribution in [0.2, 0.25) is 15.1 Å². The molecule has 0 spiro atoms. The summed E-state index contributed by atoms with van der Waals surface area (Å²) in [5, 5.41) is 29.4. The van der Waals surface area contributed by atoms with Gasteiger partial charge in [-0.2, -0.15) is 0 Å². The molecule has 448 valence electrons. The number of alkyl carbamates (subject to hydrolysis) is 2. The minimum Gasteiger partial charge on any atom is -0.494 e. The number of carboxylic acids is 1. The molecule has 0 bridgehead atoms. The molecule has 0 radical (unpaired) electrons. The zero-order valence-electron chi connectivity index (χ0n) is 47.7. The second-order valence-corrected chi connectivity index (χ2v) is 22.0. The van der Waals surface area contributed by atoms with Gasteiger partial charge in [-0.3, -0.25) is 24.6 Å². The number of aryl methyl sites for hydroxylation is 1. The molecule has 18 nitrogen and oxygen atoms in total. The van der Waals surface area contributed by atoms with E-state index in [4.69, 9.17) is 65.3 Å². The zero-order valence-corrected chi connectivity index (χ0v) is 50.0. The predicted molar refractivity (Wildman–Crippen MR) is 325 cm³/mol. The maximum Gasteiger partial charge on any atom is 0.408 e. The van der Waals surface area contributed by atoms with Crippen LogP contribution in [0, 0.1) is 11.2 Å². The third-order valence-corrected chi connectivity index (χ3v) is 11.8.